The van der Waals surface area contributed by atoms with Gasteiger partial charge in [-0.15, -0.1) is 0 Å². The highest BCUT2D eigenvalue weighted by atomic mass is 19.3. The average molecular weight is 280 g/mol. The van der Waals surface area contributed by atoms with E-state index in [2.05, 4.69) is 9.97 Å². The second-order valence-electron chi connectivity index (χ2n) is 4.17. The molecule has 6 heteroatoms. The Hall–Kier alpha value is -2.24. The first-order valence-corrected chi connectivity index (χ1v) is 6.15. The van der Waals surface area contributed by atoms with Crippen LogP contribution in [0.15, 0.2) is 24.3 Å². The van der Waals surface area contributed by atoms with E-state index in [1.165, 1.54) is 18.2 Å². The molecule has 0 spiro atoms. The monoisotopic (exact) mass is 280 g/mol. The molecule has 1 N–H and O–H groups in total. The number of rotatable bonds is 4. The van der Waals surface area contributed by atoms with E-state index < -0.39 is 12.4 Å². The zero-order chi connectivity index (χ0) is 14.7. The fourth-order valence-electron chi connectivity index (χ4n) is 1.89. The summed E-state index contributed by atoms with van der Waals surface area (Å²) in [6.45, 7) is 3.56. The number of ether oxygens (including phenoxy) is 1. The lowest BCUT2D eigenvalue weighted by Crippen LogP contribution is -2.06. The molecule has 0 saturated heterocycles. The van der Waals surface area contributed by atoms with E-state index in [-0.39, 0.29) is 29.3 Å². The number of benzene rings is 1. The van der Waals surface area contributed by atoms with Crippen LogP contribution in [0.3, 0.4) is 0 Å². The zero-order valence-corrected chi connectivity index (χ0v) is 11.1. The van der Waals surface area contributed by atoms with Gasteiger partial charge in [-0.1, -0.05) is 24.3 Å². The van der Waals surface area contributed by atoms with Gasteiger partial charge in [-0.3, -0.25) is 0 Å². The first-order valence-electron chi connectivity index (χ1n) is 6.15. The largest absolute Gasteiger partial charge is 0.461 e. The van der Waals surface area contributed by atoms with Gasteiger partial charge in [-0.25, -0.2) is 18.6 Å². The normalized spacial score (nSPS) is 10.8. The highest BCUT2D eigenvalue weighted by Gasteiger charge is 2.20. The fraction of sp³-hybridized carbons (Fsp3) is 0.286. The van der Waals surface area contributed by atoms with Crippen LogP contribution in [-0.2, 0) is 4.74 Å². The van der Waals surface area contributed by atoms with Crippen molar-refractivity contribution >= 4 is 5.97 Å². The number of aromatic amines is 1. The maximum atomic E-state index is 13.0. The molecule has 4 nitrogen and oxygen atoms in total. The predicted molar refractivity (Wildman–Crippen MR) is 69.7 cm³/mol. The molecule has 0 unspecified atom stereocenters. The van der Waals surface area contributed by atoms with Crippen molar-refractivity contribution in [3.63, 3.8) is 0 Å². The molecule has 0 radical (unpaired) electrons. The van der Waals surface area contributed by atoms with Gasteiger partial charge in [-0.05, 0) is 13.8 Å². The molecule has 2 aromatic rings. The van der Waals surface area contributed by atoms with Crippen molar-refractivity contribution < 1.29 is 18.3 Å². The minimum absolute atomic E-state index is 0.117. The van der Waals surface area contributed by atoms with E-state index in [0.717, 1.165) is 0 Å². The summed E-state index contributed by atoms with van der Waals surface area (Å²) in [6, 6.07) is 6.05. The van der Waals surface area contributed by atoms with Gasteiger partial charge in [0, 0.05) is 16.8 Å². The average Bonchev–Trinajstić information content (AvgIpc) is 2.81. The Balaban J connectivity index is 2.45. The van der Waals surface area contributed by atoms with Gasteiger partial charge < -0.3 is 9.72 Å². The number of imidazole rings is 1. The van der Waals surface area contributed by atoms with E-state index in [0.29, 0.717) is 5.69 Å². The minimum Gasteiger partial charge on any atom is -0.461 e. The number of H-pyrrole nitrogens is 1. The van der Waals surface area contributed by atoms with E-state index in [1.807, 2.05) is 0 Å². The van der Waals surface area contributed by atoms with Crippen LogP contribution in [0.2, 0.25) is 0 Å². The summed E-state index contributed by atoms with van der Waals surface area (Å²) in [4.78, 5) is 18.6. The fourth-order valence-corrected chi connectivity index (χ4v) is 1.89. The number of carbonyl (C=O) groups is 1. The maximum Gasteiger partial charge on any atom is 0.358 e. The third-order valence-corrected chi connectivity index (χ3v) is 2.80. The Labute approximate surface area is 114 Å². The first kappa shape index (κ1) is 14.2. The van der Waals surface area contributed by atoms with Crippen LogP contribution >= 0.6 is 0 Å². The van der Waals surface area contributed by atoms with Gasteiger partial charge in [0.25, 0.3) is 6.43 Å². The Kier molecular flexibility index (Phi) is 4.12. The van der Waals surface area contributed by atoms with Crippen molar-refractivity contribution in [2.45, 2.75) is 20.3 Å². The third kappa shape index (κ3) is 2.68. The molecular weight excluding hydrogens is 266 g/mol. The summed E-state index contributed by atoms with van der Waals surface area (Å²) in [5, 5.41) is 0. The second kappa shape index (κ2) is 5.81. The number of hydrogen-bond donors (Lipinski definition) is 1. The van der Waals surface area contributed by atoms with Crippen molar-refractivity contribution in [2.24, 2.45) is 0 Å². The first-order chi connectivity index (χ1) is 9.54. The number of nitrogens with zero attached hydrogens (tertiary/aromatic N) is 1. The van der Waals surface area contributed by atoms with Crippen LogP contribution in [0.25, 0.3) is 11.4 Å². The van der Waals surface area contributed by atoms with Crippen LogP contribution < -0.4 is 0 Å². The smallest absolute Gasteiger partial charge is 0.358 e. The van der Waals surface area contributed by atoms with Gasteiger partial charge in [0.2, 0.25) is 0 Å². The molecule has 0 fully saturated rings. The van der Waals surface area contributed by atoms with Crippen molar-refractivity contribution in [3.05, 3.63) is 41.2 Å². The molecule has 20 heavy (non-hydrogen) atoms. The van der Waals surface area contributed by atoms with Gasteiger partial charge in [0.15, 0.2) is 5.69 Å². The summed E-state index contributed by atoms with van der Waals surface area (Å²) in [7, 11) is 0. The Morgan fingerprint density at radius 3 is 2.75 bits per heavy atom. The molecule has 0 aliphatic heterocycles. The Morgan fingerprint density at radius 1 is 1.40 bits per heavy atom. The van der Waals surface area contributed by atoms with E-state index >= 15 is 0 Å². The zero-order valence-electron chi connectivity index (χ0n) is 11.1. The molecule has 0 amide bonds. The molecule has 0 atom stereocenters. The quantitative estimate of drug-likeness (QED) is 0.872. The van der Waals surface area contributed by atoms with Crippen LogP contribution in [0.5, 0.6) is 0 Å². The summed E-state index contributed by atoms with van der Waals surface area (Å²) in [6.07, 6.45) is -2.61. The molecule has 0 saturated carbocycles. The SMILES string of the molecule is CCOC(=O)c1nc(-c2ccccc2C(F)F)[nH]c1C. The lowest BCUT2D eigenvalue weighted by molar-refractivity contribution is 0.0519. The number of carbonyl (C=O) groups excluding carboxylic acids is 1. The van der Waals surface area contributed by atoms with Crippen molar-refractivity contribution in [1.82, 2.24) is 9.97 Å². The van der Waals surface area contributed by atoms with E-state index in [9.17, 15) is 13.6 Å². The summed E-state index contributed by atoms with van der Waals surface area (Å²) >= 11 is 0. The number of alkyl halides is 2. The van der Waals surface area contributed by atoms with Crippen LogP contribution in [0.4, 0.5) is 8.78 Å². The molecule has 1 aromatic carbocycles. The predicted octanol–water partition coefficient (Wildman–Crippen LogP) is 3.50. The van der Waals surface area contributed by atoms with Crippen LogP contribution in [-0.4, -0.2) is 22.5 Å². The van der Waals surface area contributed by atoms with Gasteiger partial charge in [-0.2, -0.15) is 0 Å². The number of hydrogen-bond acceptors (Lipinski definition) is 3. The Bertz CT molecular complexity index is 623. The van der Waals surface area contributed by atoms with Gasteiger partial charge in [0.05, 0.1) is 6.61 Å². The van der Waals surface area contributed by atoms with Crippen LogP contribution in [0.1, 0.15) is 35.1 Å². The Morgan fingerprint density at radius 2 is 2.10 bits per heavy atom. The van der Waals surface area contributed by atoms with Crippen molar-refractivity contribution in [2.75, 3.05) is 6.61 Å². The van der Waals surface area contributed by atoms with Gasteiger partial charge in [0.1, 0.15) is 5.82 Å². The third-order valence-electron chi connectivity index (χ3n) is 2.80. The molecular formula is C14H14F2N2O2. The number of aromatic nitrogens is 2. The highest BCUT2D eigenvalue weighted by molar-refractivity contribution is 5.89. The summed E-state index contributed by atoms with van der Waals surface area (Å²) in [5.74, 6) is -0.330. The number of halogens is 2. The number of esters is 1. The van der Waals surface area contributed by atoms with Crippen molar-refractivity contribution in [1.29, 1.82) is 0 Å². The molecule has 0 aliphatic rings. The topological polar surface area (TPSA) is 55.0 Å². The standard InChI is InChI=1S/C14H14F2N2O2/c1-3-20-14(19)11-8(2)17-13(18-11)10-7-5-4-6-9(10)12(15)16/h4-7,12H,3H2,1-2H3,(H,17,18). The maximum absolute atomic E-state index is 13.0. The van der Waals surface area contributed by atoms with Gasteiger partial charge >= 0.3 is 5.97 Å². The molecule has 2 rings (SSSR count). The highest BCUT2D eigenvalue weighted by Crippen LogP contribution is 2.29. The summed E-state index contributed by atoms with van der Waals surface area (Å²) < 4.78 is 30.8. The minimum atomic E-state index is -2.61. The lowest BCUT2D eigenvalue weighted by atomic mass is 10.1. The number of aryl methyl sites for hydroxylation is 1. The van der Waals surface area contributed by atoms with Crippen LogP contribution in [0, 0.1) is 6.92 Å². The van der Waals surface area contributed by atoms with E-state index in [4.69, 9.17) is 4.74 Å². The molecule has 106 valence electrons. The molecule has 0 aliphatic carbocycles. The van der Waals surface area contributed by atoms with E-state index in [1.54, 1.807) is 19.9 Å². The number of nitrogens with one attached hydrogen (secondary N) is 1. The van der Waals surface area contributed by atoms with Crippen molar-refractivity contribution in [3.8, 4) is 11.4 Å². The second-order valence-corrected chi connectivity index (χ2v) is 4.17. The molecule has 0 bridgehead atoms. The lowest BCUT2D eigenvalue weighted by Gasteiger charge is -2.05. The molecule has 1 heterocycles. The summed E-state index contributed by atoms with van der Waals surface area (Å²) in [5.41, 5.74) is 0.756. The molecule has 1 aromatic heterocycles.